The van der Waals surface area contributed by atoms with Gasteiger partial charge in [-0.15, -0.1) is 0 Å². The Hall–Kier alpha value is -3.02. The third-order valence-electron chi connectivity index (χ3n) is 5.43. The number of benzene rings is 1. The van der Waals surface area contributed by atoms with Gasteiger partial charge < -0.3 is 18.6 Å². The van der Waals surface area contributed by atoms with E-state index in [-0.39, 0.29) is 41.3 Å². The average Bonchev–Trinajstić information content (AvgIpc) is 3.25. The molecule has 2 aromatic rings. The summed E-state index contributed by atoms with van der Waals surface area (Å²) in [5.74, 6) is 0.502. The van der Waals surface area contributed by atoms with Crippen molar-refractivity contribution in [2.75, 3.05) is 0 Å². The first-order valence-corrected chi connectivity index (χ1v) is 9.94. The predicted molar refractivity (Wildman–Crippen MR) is 104 cm³/mol. The summed E-state index contributed by atoms with van der Waals surface area (Å²) in [6.45, 7) is 4.16. The highest BCUT2D eigenvalue weighted by atomic mass is 16.6. The summed E-state index contributed by atoms with van der Waals surface area (Å²) in [7, 11) is 0. The molecular formula is C23H24O6. The summed E-state index contributed by atoms with van der Waals surface area (Å²) in [6, 6.07) is 10.9. The summed E-state index contributed by atoms with van der Waals surface area (Å²) in [5, 5.41) is 0. The van der Waals surface area contributed by atoms with Gasteiger partial charge in [0.25, 0.3) is 0 Å². The number of hydrogen-bond acceptors (Lipinski definition) is 6. The van der Waals surface area contributed by atoms with Gasteiger partial charge in [-0.05, 0) is 42.5 Å². The second-order valence-electron chi connectivity index (χ2n) is 7.74. The minimum atomic E-state index is -0.495. The molecule has 0 amide bonds. The smallest absolute Gasteiger partial charge is 0.374 e. The number of Topliss-reactive ketones (excluding diaryl/α,β-unsaturated/α-hetero) is 1. The average molecular weight is 396 g/mol. The fourth-order valence-corrected chi connectivity index (χ4v) is 3.89. The molecule has 1 aromatic heterocycles. The molecule has 4 rings (SSSR count). The van der Waals surface area contributed by atoms with E-state index in [1.165, 1.54) is 12.5 Å². The first-order chi connectivity index (χ1) is 14.0. The van der Waals surface area contributed by atoms with Crippen LogP contribution >= 0.6 is 0 Å². The predicted octanol–water partition coefficient (Wildman–Crippen LogP) is 4.62. The minimum absolute atomic E-state index is 0.0596. The van der Waals surface area contributed by atoms with Gasteiger partial charge in [-0.3, -0.25) is 4.79 Å². The maximum atomic E-state index is 13.0. The maximum absolute atomic E-state index is 13.0. The fourth-order valence-electron chi connectivity index (χ4n) is 3.89. The molecule has 0 saturated heterocycles. The van der Waals surface area contributed by atoms with Gasteiger partial charge >= 0.3 is 5.97 Å². The monoisotopic (exact) mass is 396 g/mol. The number of carbonyl (C=O) groups is 2. The topological polar surface area (TPSA) is 75.0 Å². The number of ether oxygens (including phenoxy) is 3. The first kappa shape index (κ1) is 19.3. The van der Waals surface area contributed by atoms with Crippen LogP contribution in [0.15, 0.2) is 59.1 Å². The highest BCUT2D eigenvalue weighted by Gasteiger charge is 2.42. The summed E-state index contributed by atoms with van der Waals surface area (Å²) in [5.41, 5.74) is 1.04. The first-order valence-electron chi connectivity index (χ1n) is 9.94. The van der Waals surface area contributed by atoms with Gasteiger partial charge in [0.15, 0.2) is 0 Å². The normalized spacial score (nSPS) is 23.8. The Kier molecular flexibility index (Phi) is 5.43. The quantitative estimate of drug-likeness (QED) is 0.687. The molecule has 3 atom stereocenters. The molecule has 2 aliphatic rings. The van der Waals surface area contributed by atoms with E-state index in [1.807, 2.05) is 24.3 Å². The van der Waals surface area contributed by atoms with Gasteiger partial charge in [-0.1, -0.05) is 32.0 Å². The lowest BCUT2D eigenvalue weighted by atomic mass is 9.80. The highest BCUT2D eigenvalue weighted by molar-refractivity contribution is 5.96. The second-order valence-corrected chi connectivity index (χ2v) is 7.74. The van der Waals surface area contributed by atoms with Crippen LogP contribution < -0.4 is 4.74 Å². The summed E-state index contributed by atoms with van der Waals surface area (Å²) in [6.07, 6.45) is 3.84. The van der Waals surface area contributed by atoms with Crippen LogP contribution in [0.3, 0.4) is 0 Å². The molecule has 29 heavy (non-hydrogen) atoms. The lowest BCUT2D eigenvalue weighted by molar-refractivity contribution is -0.132. The van der Waals surface area contributed by atoms with E-state index in [0.29, 0.717) is 25.0 Å². The van der Waals surface area contributed by atoms with Crippen LogP contribution in [-0.2, 0) is 14.3 Å². The van der Waals surface area contributed by atoms with Gasteiger partial charge in [0, 0.05) is 6.42 Å². The maximum Gasteiger partial charge on any atom is 0.374 e. The van der Waals surface area contributed by atoms with Crippen LogP contribution in [0.25, 0.3) is 0 Å². The van der Waals surface area contributed by atoms with E-state index < -0.39 is 5.97 Å². The second kappa shape index (κ2) is 8.15. The molecule has 0 bridgehead atoms. The van der Waals surface area contributed by atoms with Crippen LogP contribution in [0.5, 0.6) is 5.75 Å². The Morgan fingerprint density at radius 3 is 2.72 bits per heavy atom. The number of fused-ring (bicyclic) bond motifs is 1. The van der Waals surface area contributed by atoms with Crippen molar-refractivity contribution in [3.63, 3.8) is 0 Å². The molecule has 2 heterocycles. The molecule has 0 N–H and O–H groups in total. The fraction of sp³-hybridized carbons (Fsp3) is 0.391. The molecular weight excluding hydrogens is 372 g/mol. The van der Waals surface area contributed by atoms with Crippen molar-refractivity contribution in [1.29, 1.82) is 0 Å². The molecule has 0 radical (unpaired) electrons. The molecule has 1 aliphatic carbocycles. The van der Waals surface area contributed by atoms with E-state index in [4.69, 9.17) is 18.6 Å². The van der Waals surface area contributed by atoms with Crippen LogP contribution in [0.2, 0.25) is 0 Å². The Balaban J connectivity index is 1.42. The number of esters is 1. The number of rotatable bonds is 5. The van der Waals surface area contributed by atoms with Crippen LogP contribution in [-0.4, -0.2) is 24.0 Å². The summed E-state index contributed by atoms with van der Waals surface area (Å²) < 4.78 is 22.3. The van der Waals surface area contributed by atoms with Crippen molar-refractivity contribution in [1.82, 2.24) is 0 Å². The summed E-state index contributed by atoms with van der Waals surface area (Å²) in [4.78, 5) is 25.0. The molecule has 1 fully saturated rings. The van der Waals surface area contributed by atoms with Crippen molar-refractivity contribution in [2.45, 2.75) is 51.2 Å². The minimum Gasteiger partial charge on any atom is -0.493 e. The van der Waals surface area contributed by atoms with E-state index in [0.717, 1.165) is 5.56 Å². The molecule has 6 heteroatoms. The molecule has 152 valence electrons. The number of allylic oxidation sites excluding steroid dienone is 1. The molecule has 1 aliphatic heterocycles. The van der Waals surface area contributed by atoms with E-state index in [2.05, 4.69) is 13.8 Å². The van der Waals surface area contributed by atoms with Gasteiger partial charge in [-0.2, -0.15) is 0 Å². The lowest BCUT2D eigenvalue weighted by Crippen LogP contribution is -2.43. The number of para-hydroxylation sites is 1. The number of hydrogen-bond donors (Lipinski definition) is 0. The zero-order valence-corrected chi connectivity index (χ0v) is 16.5. The van der Waals surface area contributed by atoms with Gasteiger partial charge in [0.05, 0.1) is 12.2 Å². The van der Waals surface area contributed by atoms with Gasteiger partial charge in [-0.25, -0.2) is 4.79 Å². The number of furan rings is 1. The van der Waals surface area contributed by atoms with Crippen molar-refractivity contribution in [3.05, 3.63) is 66.0 Å². The standard InChI is InChI=1S/C23H24O6/c1-14(2)16-6-3-4-7-18(16)29-21-13-27-20-12-15(9-10-17(20)22(21)24)28-23(25)19-8-5-11-26-19/h3-8,11,13-15,17,20H,9-10,12H2,1-2H3. The number of ketones is 1. The lowest BCUT2D eigenvalue weighted by Gasteiger charge is -2.36. The Morgan fingerprint density at radius 2 is 1.97 bits per heavy atom. The van der Waals surface area contributed by atoms with Crippen molar-refractivity contribution in [2.24, 2.45) is 5.92 Å². The van der Waals surface area contributed by atoms with Crippen molar-refractivity contribution in [3.8, 4) is 5.75 Å². The zero-order chi connectivity index (χ0) is 20.4. The molecule has 6 nitrogen and oxygen atoms in total. The molecule has 1 saturated carbocycles. The van der Waals surface area contributed by atoms with Crippen molar-refractivity contribution < 1.29 is 28.2 Å². The van der Waals surface area contributed by atoms with Gasteiger partial charge in [0.2, 0.25) is 17.3 Å². The summed E-state index contributed by atoms with van der Waals surface area (Å²) >= 11 is 0. The Morgan fingerprint density at radius 1 is 1.14 bits per heavy atom. The zero-order valence-electron chi connectivity index (χ0n) is 16.5. The largest absolute Gasteiger partial charge is 0.493 e. The van der Waals surface area contributed by atoms with E-state index >= 15 is 0 Å². The highest BCUT2D eigenvalue weighted by Crippen LogP contribution is 2.36. The Labute approximate surface area is 169 Å². The molecule has 1 aromatic carbocycles. The van der Waals surface area contributed by atoms with Crippen molar-refractivity contribution >= 4 is 11.8 Å². The van der Waals surface area contributed by atoms with E-state index in [9.17, 15) is 9.59 Å². The third-order valence-corrected chi connectivity index (χ3v) is 5.43. The molecule has 0 spiro atoms. The third kappa shape index (κ3) is 4.06. The Bertz CT molecular complexity index is 911. The number of carbonyl (C=O) groups excluding carboxylic acids is 2. The SMILES string of the molecule is CC(C)c1ccccc1OC1=COC2CC(OC(=O)c3ccco3)CCC2C1=O. The van der Waals surface area contributed by atoms with Crippen LogP contribution in [0, 0.1) is 5.92 Å². The van der Waals surface area contributed by atoms with Gasteiger partial charge in [0.1, 0.15) is 24.2 Å². The molecule has 3 unspecified atom stereocenters. The van der Waals surface area contributed by atoms with Crippen LogP contribution in [0.1, 0.15) is 55.1 Å². The van der Waals surface area contributed by atoms with Crippen LogP contribution in [0.4, 0.5) is 0 Å². The van der Waals surface area contributed by atoms with E-state index in [1.54, 1.807) is 12.1 Å².